The molecule has 0 radical (unpaired) electrons. The fraction of sp³-hybridized carbons (Fsp3) is 0.130. The van der Waals surface area contributed by atoms with E-state index in [2.05, 4.69) is 17.4 Å². The molecule has 0 saturated heterocycles. The second kappa shape index (κ2) is 9.21. The van der Waals surface area contributed by atoms with Gasteiger partial charge in [0, 0.05) is 18.2 Å². The second-order valence-corrected chi connectivity index (χ2v) is 6.08. The summed E-state index contributed by atoms with van der Waals surface area (Å²) in [5.41, 5.74) is 2.21. The maximum absolute atomic E-state index is 12.2. The number of hydrogen-bond donors (Lipinski definition) is 1. The van der Waals surface area contributed by atoms with Gasteiger partial charge in [0.25, 0.3) is 5.91 Å². The molecule has 0 aliphatic rings. The number of nitrogens with zero attached hydrogens (tertiary/aromatic N) is 1. The van der Waals surface area contributed by atoms with Crippen molar-refractivity contribution in [2.45, 2.75) is 12.8 Å². The number of hydrogen-bond acceptors (Lipinski definition) is 3. The quantitative estimate of drug-likeness (QED) is 0.382. The van der Waals surface area contributed by atoms with Crippen LogP contribution >= 0.6 is 0 Å². The molecule has 4 heteroatoms. The van der Waals surface area contributed by atoms with Gasteiger partial charge in [-0.1, -0.05) is 60.7 Å². The fourth-order valence-corrected chi connectivity index (χ4v) is 2.71. The van der Waals surface area contributed by atoms with Gasteiger partial charge in [0.2, 0.25) is 0 Å². The van der Waals surface area contributed by atoms with Crippen LogP contribution in [0.3, 0.4) is 0 Å². The summed E-state index contributed by atoms with van der Waals surface area (Å²) in [7, 11) is 0. The summed E-state index contributed by atoms with van der Waals surface area (Å²) in [5, 5.41) is 12.1. The van der Waals surface area contributed by atoms with E-state index in [4.69, 9.17) is 4.42 Å². The van der Waals surface area contributed by atoms with Gasteiger partial charge in [-0.05, 0) is 30.5 Å². The first-order valence-corrected chi connectivity index (χ1v) is 8.85. The van der Waals surface area contributed by atoms with Crippen LogP contribution in [0, 0.1) is 11.3 Å². The van der Waals surface area contributed by atoms with Crippen molar-refractivity contribution in [1.29, 1.82) is 5.26 Å². The van der Waals surface area contributed by atoms with Crippen molar-refractivity contribution in [3.8, 4) is 17.4 Å². The van der Waals surface area contributed by atoms with Gasteiger partial charge in [-0.15, -0.1) is 0 Å². The third-order valence-electron chi connectivity index (χ3n) is 4.11. The van der Waals surface area contributed by atoms with Gasteiger partial charge in [0.05, 0.1) is 0 Å². The summed E-state index contributed by atoms with van der Waals surface area (Å²) in [5.74, 6) is 0.787. The Hall–Kier alpha value is -3.58. The molecule has 1 heterocycles. The minimum atomic E-state index is -0.386. The van der Waals surface area contributed by atoms with Crippen LogP contribution in [0.4, 0.5) is 0 Å². The maximum Gasteiger partial charge on any atom is 0.262 e. The standard InChI is InChI=1S/C23H20N2O2/c24-17-20(23(26)25-15-7-10-18-8-3-1-4-9-18)16-21-13-14-22(27-21)19-11-5-2-6-12-19/h1-6,8-9,11-14,16H,7,10,15H2,(H,25,26)/b20-16-. The number of amides is 1. The van der Waals surface area contributed by atoms with E-state index in [1.165, 1.54) is 11.6 Å². The highest BCUT2D eigenvalue weighted by Gasteiger charge is 2.10. The molecule has 134 valence electrons. The van der Waals surface area contributed by atoms with E-state index in [0.29, 0.717) is 18.1 Å². The molecule has 1 aromatic heterocycles. The Kier molecular flexibility index (Phi) is 6.21. The number of rotatable bonds is 7. The molecule has 1 N–H and O–H groups in total. The van der Waals surface area contributed by atoms with Crippen molar-refractivity contribution in [3.63, 3.8) is 0 Å². The molecule has 27 heavy (non-hydrogen) atoms. The Bertz CT molecular complexity index is 951. The molecule has 1 amide bonds. The number of benzene rings is 2. The van der Waals surface area contributed by atoms with Gasteiger partial charge in [-0.3, -0.25) is 4.79 Å². The van der Waals surface area contributed by atoms with Crippen LogP contribution in [0.1, 0.15) is 17.7 Å². The van der Waals surface area contributed by atoms with Crippen molar-refractivity contribution in [1.82, 2.24) is 5.32 Å². The van der Waals surface area contributed by atoms with Crippen LogP contribution in [-0.2, 0) is 11.2 Å². The highest BCUT2D eigenvalue weighted by molar-refractivity contribution is 6.01. The van der Waals surface area contributed by atoms with E-state index >= 15 is 0 Å². The Balaban J connectivity index is 1.57. The third kappa shape index (κ3) is 5.20. The lowest BCUT2D eigenvalue weighted by Crippen LogP contribution is -2.25. The van der Waals surface area contributed by atoms with Gasteiger partial charge in [0.15, 0.2) is 0 Å². The normalized spacial score (nSPS) is 11.0. The van der Waals surface area contributed by atoms with Crippen molar-refractivity contribution in [2.24, 2.45) is 0 Å². The molecule has 0 unspecified atom stereocenters. The summed E-state index contributed by atoms with van der Waals surface area (Å²) in [6.07, 6.45) is 3.16. The SMILES string of the molecule is N#C/C(=C/c1ccc(-c2ccccc2)o1)C(=O)NCCCc1ccccc1. The van der Waals surface area contributed by atoms with Crippen LogP contribution in [0.5, 0.6) is 0 Å². The Labute approximate surface area is 158 Å². The molecule has 2 aromatic carbocycles. The van der Waals surface area contributed by atoms with Gasteiger partial charge in [0.1, 0.15) is 23.2 Å². The number of aryl methyl sites for hydroxylation is 1. The summed E-state index contributed by atoms with van der Waals surface area (Å²) < 4.78 is 5.73. The Morgan fingerprint density at radius 3 is 2.41 bits per heavy atom. The number of nitrogens with one attached hydrogen (secondary N) is 1. The van der Waals surface area contributed by atoms with Crippen molar-refractivity contribution in [3.05, 3.63) is 89.7 Å². The van der Waals surface area contributed by atoms with Crippen LogP contribution in [0.25, 0.3) is 17.4 Å². The topological polar surface area (TPSA) is 66.0 Å². The Morgan fingerprint density at radius 2 is 1.70 bits per heavy atom. The van der Waals surface area contributed by atoms with E-state index in [1.54, 1.807) is 6.07 Å². The first kappa shape index (κ1) is 18.2. The first-order valence-electron chi connectivity index (χ1n) is 8.85. The number of carbonyl (C=O) groups is 1. The molecule has 0 fully saturated rings. The van der Waals surface area contributed by atoms with Crippen molar-refractivity contribution >= 4 is 12.0 Å². The molecule has 0 aliphatic carbocycles. The molecule has 3 rings (SSSR count). The average Bonchev–Trinajstić information content (AvgIpc) is 3.19. The fourth-order valence-electron chi connectivity index (χ4n) is 2.71. The van der Waals surface area contributed by atoms with Crippen molar-refractivity contribution in [2.75, 3.05) is 6.54 Å². The van der Waals surface area contributed by atoms with Crippen molar-refractivity contribution < 1.29 is 9.21 Å². The van der Waals surface area contributed by atoms with Gasteiger partial charge in [-0.2, -0.15) is 5.26 Å². The van der Waals surface area contributed by atoms with Crippen LogP contribution in [0.2, 0.25) is 0 Å². The molecule has 0 bridgehead atoms. The van der Waals surface area contributed by atoms with Gasteiger partial charge in [-0.25, -0.2) is 0 Å². The molecular weight excluding hydrogens is 336 g/mol. The molecule has 0 aliphatic heterocycles. The third-order valence-corrected chi connectivity index (χ3v) is 4.11. The number of furan rings is 1. The lowest BCUT2D eigenvalue weighted by atomic mass is 10.1. The van der Waals surface area contributed by atoms with E-state index in [0.717, 1.165) is 18.4 Å². The zero-order chi connectivity index (χ0) is 18.9. The van der Waals surface area contributed by atoms with Crippen LogP contribution < -0.4 is 5.32 Å². The minimum Gasteiger partial charge on any atom is -0.457 e. The van der Waals surface area contributed by atoms with E-state index in [9.17, 15) is 10.1 Å². The highest BCUT2D eigenvalue weighted by atomic mass is 16.3. The van der Waals surface area contributed by atoms with E-state index in [1.807, 2.05) is 60.7 Å². The number of nitriles is 1. The molecular formula is C23H20N2O2. The first-order chi connectivity index (χ1) is 13.3. The predicted octanol–water partition coefficient (Wildman–Crippen LogP) is 4.60. The van der Waals surface area contributed by atoms with Gasteiger partial charge < -0.3 is 9.73 Å². The molecule has 0 saturated carbocycles. The monoisotopic (exact) mass is 356 g/mol. The summed E-state index contributed by atoms with van der Waals surface area (Å²) in [4.78, 5) is 12.2. The average molecular weight is 356 g/mol. The largest absolute Gasteiger partial charge is 0.457 e. The lowest BCUT2D eigenvalue weighted by molar-refractivity contribution is -0.117. The predicted molar refractivity (Wildman–Crippen MR) is 106 cm³/mol. The Morgan fingerprint density at radius 1 is 1.00 bits per heavy atom. The van der Waals surface area contributed by atoms with E-state index in [-0.39, 0.29) is 11.5 Å². The zero-order valence-corrected chi connectivity index (χ0v) is 14.9. The smallest absolute Gasteiger partial charge is 0.262 e. The number of carbonyl (C=O) groups excluding carboxylic acids is 1. The van der Waals surface area contributed by atoms with Crippen LogP contribution in [0.15, 0.2) is 82.8 Å². The molecule has 0 spiro atoms. The highest BCUT2D eigenvalue weighted by Crippen LogP contribution is 2.23. The summed E-state index contributed by atoms with van der Waals surface area (Å²) in [6.45, 7) is 0.514. The van der Waals surface area contributed by atoms with Gasteiger partial charge >= 0.3 is 0 Å². The van der Waals surface area contributed by atoms with E-state index < -0.39 is 0 Å². The zero-order valence-electron chi connectivity index (χ0n) is 14.9. The maximum atomic E-state index is 12.2. The summed E-state index contributed by atoms with van der Waals surface area (Å²) >= 11 is 0. The van der Waals surface area contributed by atoms with Crippen LogP contribution in [-0.4, -0.2) is 12.5 Å². The minimum absolute atomic E-state index is 0.0312. The molecule has 4 nitrogen and oxygen atoms in total. The second-order valence-electron chi connectivity index (χ2n) is 6.08. The lowest BCUT2D eigenvalue weighted by Gasteiger charge is -2.04. The summed E-state index contributed by atoms with van der Waals surface area (Å²) in [6, 6.07) is 25.3. The molecule has 0 atom stereocenters. The molecule has 3 aromatic rings.